The largest absolute Gasteiger partial charge is 0.392 e. The summed E-state index contributed by atoms with van der Waals surface area (Å²) < 4.78 is 0. The van der Waals surface area contributed by atoms with Gasteiger partial charge in [-0.15, -0.1) is 0 Å². The van der Waals surface area contributed by atoms with Crippen LogP contribution in [0.3, 0.4) is 0 Å². The first-order chi connectivity index (χ1) is 12.8. The van der Waals surface area contributed by atoms with E-state index in [1.807, 2.05) is 54.6 Å². The molecule has 0 saturated heterocycles. The summed E-state index contributed by atoms with van der Waals surface area (Å²) in [6.45, 7) is -0.00701. The molecule has 0 radical (unpaired) electrons. The molecule has 0 fully saturated rings. The zero-order chi connectivity index (χ0) is 17.8. The normalized spacial score (nSPS) is 10.7. The van der Waals surface area contributed by atoms with Crippen LogP contribution in [0.15, 0.2) is 73.1 Å². The third kappa shape index (κ3) is 3.60. The summed E-state index contributed by atoms with van der Waals surface area (Å²) in [5.74, 6) is 1.14. The number of hydrogen-bond acceptors (Lipinski definition) is 6. The molecule has 0 aliphatic carbocycles. The van der Waals surface area contributed by atoms with Crippen LogP contribution in [0.4, 0.5) is 23.1 Å². The number of nitrogens with zero attached hydrogens (tertiary/aromatic N) is 3. The van der Waals surface area contributed by atoms with E-state index in [0.29, 0.717) is 11.8 Å². The van der Waals surface area contributed by atoms with Crippen LogP contribution in [-0.4, -0.2) is 20.1 Å². The lowest BCUT2D eigenvalue weighted by Crippen LogP contribution is -2.01. The van der Waals surface area contributed by atoms with E-state index in [2.05, 4.69) is 25.6 Å². The lowest BCUT2D eigenvalue weighted by Gasteiger charge is -2.09. The molecule has 2 heterocycles. The van der Waals surface area contributed by atoms with E-state index >= 15 is 0 Å². The van der Waals surface area contributed by atoms with Crippen LogP contribution in [0.2, 0.25) is 0 Å². The number of anilines is 4. The van der Waals surface area contributed by atoms with Crippen molar-refractivity contribution >= 4 is 34.0 Å². The molecule has 0 unspecified atom stereocenters. The summed E-state index contributed by atoms with van der Waals surface area (Å²) in [4.78, 5) is 13.2. The van der Waals surface area contributed by atoms with Gasteiger partial charge in [-0.05, 0) is 35.9 Å². The molecule has 0 atom stereocenters. The van der Waals surface area contributed by atoms with Gasteiger partial charge in [0.2, 0.25) is 5.95 Å². The summed E-state index contributed by atoms with van der Waals surface area (Å²) in [6, 6.07) is 19.3. The highest BCUT2D eigenvalue weighted by Crippen LogP contribution is 2.21. The zero-order valence-electron chi connectivity index (χ0n) is 13.9. The summed E-state index contributed by atoms with van der Waals surface area (Å²) in [7, 11) is 0. The predicted octanol–water partition coefficient (Wildman–Crippen LogP) is 4.00. The Hall–Kier alpha value is -3.51. The molecule has 0 aliphatic heterocycles. The molecular formula is C20H17N5O. The minimum absolute atomic E-state index is 0.00701. The highest BCUT2D eigenvalue weighted by molar-refractivity contribution is 5.82. The van der Waals surface area contributed by atoms with Crippen LogP contribution in [0, 0.1) is 0 Å². The van der Waals surface area contributed by atoms with Crippen LogP contribution < -0.4 is 10.6 Å². The maximum atomic E-state index is 9.24. The summed E-state index contributed by atoms with van der Waals surface area (Å²) >= 11 is 0. The van der Waals surface area contributed by atoms with Crippen molar-refractivity contribution in [2.45, 2.75) is 6.61 Å². The van der Waals surface area contributed by atoms with Crippen molar-refractivity contribution in [1.82, 2.24) is 15.0 Å². The summed E-state index contributed by atoms with van der Waals surface area (Å²) in [6.07, 6.45) is 3.46. The number of aromatic nitrogens is 3. The number of aliphatic hydroxyl groups is 1. The molecule has 4 aromatic rings. The maximum absolute atomic E-state index is 9.24. The fourth-order valence-corrected chi connectivity index (χ4v) is 2.65. The third-order valence-electron chi connectivity index (χ3n) is 3.88. The quantitative estimate of drug-likeness (QED) is 0.508. The van der Waals surface area contributed by atoms with Crippen LogP contribution >= 0.6 is 0 Å². The number of fused-ring (bicyclic) bond motifs is 1. The van der Waals surface area contributed by atoms with E-state index in [-0.39, 0.29) is 6.61 Å². The fourth-order valence-electron chi connectivity index (χ4n) is 2.65. The standard InChI is InChI=1S/C20H17N5O/c26-13-14-4-3-6-16(10-14)24-20-21-9-8-19(25-20)23-17-11-15-5-1-2-7-18(15)22-12-17/h1-12,26H,13H2,(H2,21,23,24,25). The highest BCUT2D eigenvalue weighted by atomic mass is 16.3. The number of benzene rings is 2. The van der Waals surface area contributed by atoms with Gasteiger partial charge in [0, 0.05) is 17.3 Å². The number of rotatable bonds is 5. The molecule has 2 aromatic carbocycles. The van der Waals surface area contributed by atoms with Crippen LogP contribution in [0.25, 0.3) is 10.9 Å². The second-order valence-electron chi connectivity index (χ2n) is 5.79. The fraction of sp³-hybridized carbons (Fsp3) is 0.0500. The number of pyridine rings is 1. The minimum Gasteiger partial charge on any atom is -0.392 e. The Bertz CT molecular complexity index is 1050. The van der Waals surface area contributed by atoms with E-state index in [9.17, 15) is 5.11 Å². The van der Waals surface area contributed by atoms with Crippen molar-refractivity contribution in [3.05, 3.63) is 78.6 Å². The Kier molecular flexibility index (Phi) is 4.40. The van der Waals surface area contributed by atoms with Gasteiger partial charge in [0.25, 0.3) is 0 Å². The van der Waals surface area contributed by atoms with E-state index in [1.165, 1.54) is 0 Å². The molecular weight excluding hydrogens is 326 g/mol. The topological polar surface area (TPSA) is 83.0 Å². The average Bonchev–Trinajstić information content (AvgIpc) is 2.68. The van der Waals surface area contributed by atoms with Gasteiger partial charge in [0.05, 0.1) is 24.0 Å². The third-order valence-corrected chi connectivity index (χ3v) is 3.88. The maximum Gasteiger partial charge on any atom is 0.229 e. The first-order valence-corrected chi connectivity index (χ1v) is 8.22. The zero-order valence-corrected chi connectivity index (χ0v) is 13.9. The van der Waals surface area contributed by atoms with E-state index in [4.69, 9.17) is 0 Å². The van der Waals surface area contributed by atoms with Gasteiger partial charge in [0.1, 0.15) is 5.82 Å². The van der Waals surface area contributed by atoms with Crippen molar-refractivity contribution in [2.24, 2.45) is 0 Å². The monoisotopic (exact) mass is 343 g/mol. The molecule has 6 heteroatoms. The second kappa shape index (κ2) is 7.16. The molecule has 3 N–H and O–H groups in total. The minimum atomic E-state index is -0.00701. The predicted molar refractivity (Wildman–Crippen MR) is 103 cm³/mol. The summed E-state index contributed by atoms with van der Waals surface area (Å²) in [5, 5.41) is 16.7. The summed E-state index contributed by atoms with van der Waals surface area (Å²) in [5.41, 5.74) is 3.45. The molecule has 2 aromatic heterocycles. The van der Waals surface area contributed by atoms with Gasteiger partial charge in [-0.25, -0.2) is 4.98 Å². The van der Waals surface area contributed by atoms with E-state index in [1.54, 1.807) is 18.5 Å². The number of aliphatic hydroxyl groups excluding tert-OH is 1. The lowest BCUT2D eigenvalue weighted by atomic mass is 10.2. The van der Waals surface area contributed by atoms with Crippen molar-refractivity contribution < 1.29 is 5.11 Å². The molecule has 0 amide bonds. The number of hydrogen-bond donors (Lipinski definition) is 3. The molecule has 0 bridgehead atoms. The Morgan fingerprint density at radius 2 is 1.77 bits per heavy atom. The van der Waals surface area contributed by atoms with Gasteiger partial charge < -0.3 is 15.7 Å². The Balaban J connectivity index is 1.54. The van der Waals surface area contributed by atoms with E-state index in [0.717, 1.165) is 27.8 Å². The highest BCUT2D eigenvalue weighted by Gasteiger charge is 2.03. The first-order valence-electron chi connectivity index (χ1n) is 8.22. The Labute approximate surface area is 150 Å². The Morgan fingerprint density at radius 1 is 0.846 bits per heavy atom. The van der Waals surface area contributed by atoms with Crippen molar-refractivity contribution in [2.75, 3.05) is 10.6 Å². The molecule has 0 spiro atoms. The molecule has 26 heavy (non-hydrogen) atoms. The molecule has 0 saturated carbocycles. The molecule has 4 rings (SSSR count). The number of para-hydroxylation sites is 1. The van der Waals surface area contributed by atoms with Crippen LogP contribution in [0.1, 0.15) is 5.56 Å². The van der Waals surface area contributed by atoms with Crippen molar-refractivity contribution in [1.29, 1.82) is 0 Å². The van der Waals surface area contributed by atoms with Crippen LogP contribution in [0.5, 0.6) is 0 Å². The molecule has 128 valence electrons. The van der Waals surface area contributed by atoms with Crippen molar-refractivity contribution in [3.8, 4) is 0 Å². The van der Waals surface area contributed by atoms with Crippen LogP contribution in [-0.2, 0) is 6.61 Å². The second-order valence-corrected chi connectivity index (χ2v) is 5.79. The first kappa shape index (κ1) is 16.0. The smallest absolute Gasteiger partial charge is 0.229 e. The lowest BCUT2D eigenvalue weighted by molar-refractivity contribution is 0.282. The van der Waals surface area contributed by atoms with Gasteiger partial charge >= 0.3 is 0 Å². The molecule has 6 nitrogen and oxygen atoms in total. The van der Waals surface area contributed by atoms with E-state index < -0.39 is 0 Å². The van der Waals surface area contributed by atoms with Gasteiger partial charge in [0.15, 0.2) is 0 Å². The molecule has 0 aliphatic rings. The van der Waals surface area contributed by atoms with Gasteiger partial charge in [-0.1, -0.05) is 30.3 Å². The number of nitrogens with one attached hydrogen (secondary N) is 2. The Morgan fingerprint density at radius 3 is 2.69 bits per heavy atom. The van der Waals surface area contributed by atoms with Gasteiger partial charge in [-0.2, -0.15) is 4.98 Å². The van der Waals surface area contributed by atoms with Gasteiger partial charge in [-0.3, -0.25) is 4.98 Å². The average molecular weight is 343 g/mol. The van der Waals surface area contributed by atoms with Crippen molar-refractivity contribution in [3.63, 3.8) is 0 Å². The SMILES string of the molecule is OCc1cccc(Nc2nccc(Nc3cnc4ccccc4c3)n2)c1.